The maximum absolute atomic E-state index is 5.97. The number of benzene rings is 1. The van der Waals surface area contributed by atoms with Crippen LogP contribution in [-0.4, -0.2) is 32.7 Å². The van der Waals surface area contributed by atoms with Crippen molar-refractivity contribution in [1.29, 1.82) is 0 Å². The molecule has 0 spiro atoms. The van der Waals surface area contributed by atoms with Gasteiger partial charge in [-0.2, -0.15) is 0 Å². The van der Waals surface area contributed by atoms with Crippen LogP contribution in [0.2, 0.25) is 0 Å². The summed E-state index contributed by atoms with van der Waals surface area (Å²) in [5.74, 6) is 0.894. The summed E-state index contributed by atoms with van der Waals surface area (Å²) in [5, 5.41) is 1.06. The lowest BCUT2D eigenvalue weighted by Gasteiger charge is -2.37. The third-order valence-electron chi connectivity index (χ3n) is 5.21. The van der Waals surface area contributed by atoms with Gasteiger partial charge in [-0.15, -0.1) is 0 Å². The molecule has 0 atom stereocenters. The number of allylic oxidation sites excluding steroid dienone is 1. The van der Waals surface area contributed by atoms with E-state index in [0.29, 0.717) is 5.71 Å². The Morgan fingerprint density at radius 1 is 1.08 bits per heavy atom. The first-order valence-electron chi connectivity index (χ1n) is 8.50. The number of fused-ring (bicyclic) bond motifs is 4. The van der Waals surface area contributed by atoms with E-state index in [1.807, 2.05) is 6.07 Å². The molecule has 2 aliphatic rings. The Balaban J connectivity index is 1.65. The molecule has 3 aromatic rings. The molecule has 5 nitrogen and oxygen atoms in total. The van der Waals surface area contributed by atoms with E-state index in [9.17, 15) is 0 Å². The molecule has 1 aromatic carbocycles. The van der Waals surface area contributed by atoms with Crippen molar-refractivity contribution in [3.63, 3.8) is 0 Å². The molecule has 2 aliphatic heterocycles. The number of para-hydroxylation sites is 2. The van der Waals surface area contributed by atoms with Crippen LogP contribution in [0.4, 0.5) is 17.1 Å². The van der Waals surface area contributed by atoms with Gasteiger partial charge in [-0.1, -0.05) is 17.6 Å². The van der Waals surface area contributed by atoms with E-state index in [4.69, 9.17) is 4.42 Å². The minimum absolute atomic E-state index is 0.152. The van der Waals surface area contributed by atoms with Crippen LogP contribution in [0.3, 0.4) is 0 Å². The number of anilines is 3. The molecule has 5 rings (SSSR count). The molecule has 0 saturated carbocycles. The zero-order chi connectivity index (χ0) is 17.1. The second kappa shape index (κ2) is 5.05. The summed E-state index contributed by atoms with van der Waals surface area (Å²) in [6, 6.07) is 12.6. The number of nitrogens with zero attached hydrogens (tertiary/aromatic N) is 4. The summed E-state index contributed by atoms with van der Waals surface area (Å²) in [4.78, 5) is 11.4. The van der Waals surface area contributed by atoms with Crippen LogP contribution >= 0.6 is 0 Å². The van der Waals surface area contributed by atoms with Crippen LogP contribution in [0.25, 0.3) is 17.2 Å². The quantitative estimate of drug-likeness (QED) is 0.637. The maximum Gasteiger partial charge on any atom is 0.408 e. The fourth-order valence-electron chi connectivity index (χ4n) is 4.18. The number of pyridine rings is 1. The molecule has 0 unspecified atom stereocenters. The number of aromatic nitrogens is 1. The fraction of sp³-hybridized carbons (Fsp3) is 0.211. The Hall–Kier alpha value is -2.89. The van der Waals surface area contributed by atoms with Crippen molar-refractivity contribution in [2.24, 2.45) is 0 Å². The van der Waals surface area contributed by atoms with E-state index in [-0.39, 0.29) is 6.98 Å². The predicted octanol–water partition coefficient (Wildman–Crippen LogP) is 3.62. The van der Waals surface area contributed by atoms with Crippen LogP contribution in [0.1, 0.15) is 12.7 Å². The second-order valence-corrected chi connectivity index (χ2v) is 6.84. The highest BCUT2D eigenvalue weighted by Gasteiger charge is 2.41. The summed E-state index contributed by atoms with van der Waals surface area (Å²) >= 11 is 0. The van der Waals surface area contributed by atoms with Crippen molar-refractivity contribution in [1.82, 2.24) is 4.98 Å². The van der Waals surface area contributed by atoms with Crippen LogP contribution in [0.5, 0.6) is 0 Å². The third kappa shape index (κ3) is 1.94. The van der Waals surface area contributed by atoms with Crippen molar-refractivity contribution in [3.8, 4) is 0 Å². The van der Waals surface area contributed by atoms with Gasteiger partial charge in [0.2, 0.25) is 5.71 Å². The van der Waals surface area contributed by atoms with E-state index in [1.54, 1.807) is 6.20 Å². The Morgan fingerprint density at radius 3 is 2.72 bits per heavy atom. The minimum Gasteiger partial charge on any atom is -0.436 e. The van der Waals surface area contributed by atoms with Gasteiger partial charge in [0.05, 0.1) is 29.1 Å². The molecule has 2 aromatic heterocycles. The molecule has 4 heterocycles. The lowest BCUT2D eigenvalue weighted by Crippen LogP contribution is -2.54. The van der Waals surface area contributed by atoms with Gasteiger partial charge in [-0.25, -0.2) is 4.98 Å². The molecule has 0 saturated heterocycles. The summed E-state index contributed by atoms with van der Waals surface area (Å²) in [5.41, 5.74) is 5.62. The van der Waals surface area contributed by atoms with Gasteiger partial charge in [0.1, 0.15) is 0 Å². The summed E-state index contributed by atoms with van der Waals surface area (Å²) in [6.45, 7) is 3.19. The first-order chi connectivity index (χ1) is 12.1. The normalized spacial score (nSPS) is 16.4. The minimum atomic E-state index is 0.152. The van der Waals surface area contributed by atoms with E-state index in [1.165, 1.54) is 16.8 Å². The van der Waals surface area contributed by atoms with Crippen LogP contribution in [0.15, 0.2) is 52.5 Å². The summed E-state index contributed by atoms with van der Waals surface area (Å²) in [7, 11) is 4.28. The van der Waals surface area contributed by atoms with Gasteiger partial charge >= 0.3 is 6.98 Å². The highest BCUT2D eigenvalue weighted by atomic mass is 16.3. The van der Waals surface area contributed by atoms with Crippen molar-refractivity contribution < 1.29 is 4.42 Å². The average molecular weight is 330 g/mol. The third-order valence-corrected chi connectivity index (χ3v) is 5.21. The fourth-order valence-corrected chi connectivity index (χ4v) is 4.18. The van der Waals surface area contributed by atoms with Gasteiger partial charge in [0.25, 0.3) is 0 Å². The topological polar surface area (TPSA) is 35.8 Å². The van der Waals surface area contributed by atoms with Crippen LogP contribution < -0.4 is 14.5 Å². The van der Waals surface area contributed by atoms with E-state index >= 15 is 0 Å². The number of hydrogen-bond acceptors (Lipinski definition) is 5. The second-order valence-electron chi connectivity index (χ2n) is 6.84. The van der Waals surface area contributed by atoms with E-state index in [0.717, 1.165) is 23.5 Å². The van der Waals surface area contributed by atoms with Gasteiger partial charge < -0.3 is 18.9 Å². The van der Waals surface area contributed by atoms with Gasteiger partial charge in [0.15, 0.2) is 5.76 Å². The number of rotatable bonds is 1. The molecule has 6 heteroatoms. The van der Waals surface area contributed by atoms with Crippen molar-refractivity contribution in [3.05, 3.63) is 53.8 Å². The van der Waals surface area contributed by atoms with Crippen molar-refractivity contribution >= 4 is 41.2 Å². The van der Waals surface area contributed by atoms with Gasteiger partial charge in [-0.3, -0.25) is 0 Å². The average Bonchev–Trinajstić information content (AvgIpc) is 3.13. The first-order valence-corrected chi connectivity index (χ1v) is 8.50. The summed E-state index contributed by atoms with van der Waals surface area (Å²) in [6.07, 6.45) is 3.93. The summed E-state index contributed by atoms with van der Waals surface area (Å²) < 4.78 is 5.97. The molecule has 0 fully saturated rings. The molecule has 0 radical (unpaired) electrons. The Bertz CT molecular complexity index is 1010. The van der Waals surface area contributed by atoms with Crippen LogP contribution in [0, 0.1) is 0 Å². The lowest BCUT2D eigenvalue weighted by atomic mass is 9.61. The molecular formula is C19H19BN4O. The standard InChI is InChI=1S/C19H19BN4O/c1-13-11-17-18(14-7-6-10-21-19(14)25-17)23(3)20(13)24-12-22(2)15-8-4-5-9-16(15)24/h4-11H,12H2,1-3H3. The first kappa shape index (κ1) is 14.5. The SMILES string of the molecule is CC1=Cc2oc3ncccc3c2N(C)B1N1CN(C)c2ccccc21. The number of furan rings is 1. The van der Waals surface area contributed by atoms with Crippen molar-refractivity contribution in [2.45, 2.75) is 6.92 Å². The molecule has 0 amide bonds. The highest BCUT2D eigenvalue weighted by molar-refractivity contribution is 6.76. The predicted molar refractivity (Wildman–Crippen MR) is 104 cm³/mol. The van der Waals surface area contributed by atoms with E-state index in [2.05, 4.69) is 76.9 Å². The van der Waals surface area contributed by atoms with Crippen LogP contribution in [-0.2, 0) is 0 Å². The van der Waals surface area contributed by atoms with Gasteiger partial charge in [-0.05, 0) is 44.3 Å². The Morgan fingerprint density at radius 2 is 1.88 bits per heavy atom. The molecule has 124 valence electrons. The molecular weight excluding hydrogens is 311 g/mol. The maximum atomic E-state index is 5.97. The molecule has 0 bridgehead atoms. The highest BCUT2D eigenvalue weighted by Crippen LogP contribution is 2.42. The molecule has 25 heavy (non-hydrogen) atoms. The Labute approximate surface area is 147 Å². The monoisotopic (exact) mass is 330 g/mol. The van der Waals surface area contributed by atoms with E-state index < -0.39 is 0 Å². The van der Waals surface area contributed by atoms with Crippen molar-refractivity contribution in [2.75, 3.05) is 35.3 Å². The van der Waals surface area contributed by atoms with Gasteiger partial charge in [0, 0.05) is 13.2 Å². The lowest BCUT2D eigenvalue weighted by molar-refractivity contribution is 0.591. The number of hydrogen-bond donors (Lipinski definition) is 0. The smallest absolute Gasteiger partial charge is 0.408 e. The molecule has 0 N–H and O–H groups in total. The largest absolute Gasteiger partial charge is 0.436 e. The molecule has 0 aliphatic carbocycles. The zero-order valence-corrected chi connectivity index (χ0v) is 14.6. The Kier molecular flexibility index (Phi) is 2.92. The zero-order valence-electron chi connectivity index (χ0n) is 14.6.